The minimum absolute atomic E-state index is 0.657. The number of hydrogen-bond acceptors (Lipinski definition) is 4. The molecule has 1 aromatic heterocycles. The lowest BCUT2D eigenvalue weighted by molar-refractivity contribution is 0.394. The van der Waals surface area contributed by atoms with Crippen molar-refractivity contribution in [3.8, 4) is 22.9 Å². The molecule has 2 rings (SSSR count). The van der Waals surface area contributed by atoms with Crippen molar-refractivity contribution in [3.63, 3.8) is 0 Å². The molecule has 0 saturated heterocycles. The zero-order valence-electron chi connectivity index (χ0n) is 10.2. The number of alkyl halides is 1. The van der Waals surface area contributed by atoms with E-state index in [-0.39, 0.29) is 0 Å². The first-order valence-corrected chi connectivity index (χ1v) is 6.50. The largest absolute Gasteiger partial charge is 0.497 e. The standard InChI is InChI=1S/C13H13BrN2O2/c1-17-11-5-9(6-12(7-11)18-2)13-15-4-3-10(8-14)16-13/h3-7H,8H2,1-2H3. The Hall–Kier alpha value is -1.62. The van der Waals surface area contributed by atoms with Crippen LogP contribution in [0.4, 0.5) is 0 Å². The quantitative estimate of drug-likeness (QED) is 0.814. The van der Waals surface area contributed by atoms with Crippen molar-refractivity contribution in [2.45, 2.75) is 5.33 Å². The molecule has 94 valence electrons. The molecule has 0 N–H and O–H groups in total. The van der Waals surface area contributed by atoms with E-state index >= 15 is 0 Å². The second-order valence-corrected chi connectivity index (χ2v) is 4.17. The van der Waals surface area contributed by atoms with E-state index in [9.17, 15) is 0 Å². The Morgan fingerprint density at radius 3 is 2.33 bits per heavy atom. The summed E-state index contributed by atoms with van der Waals surface area (Å²) in [5.74, 6) is 2.10. The van der Waals surface area contributed by atoms with Crippen LogP contribution in [-0.2, 0) is 5.33 Å². The molecule has 0 aliphatic carbocycles. The van der Waals surface area contributed by atoms with E-state index in [0.29, 0.717) is 11.2 Å². The van der Waals surface area contributed by atoms with E-state index in [1.807, 2.05) is 24.3 Å². The lowest BCUT2D eigenvalue weighted by Gasteiger charge is -2.08. The summed E-state index contributed by atoms with van der Waals surface area (Å²) in [5, 5.41) is 0.698. The first-order chi connectivity index (χ1) is 8.76. The van der Waals surface area contributed by atoms with Gasteiger partial charge >= 0.3 is 0 Å². The van der Waals surface area contributed by atoms with Crippen LogP contribution in [0.5, 0.6) is 11.5 Å². The van der Waals surface area contributed by atoms with Gasteiger partial charge in [-0.2, -0.15) is 0 Å². The van der Waals surface area contributed by atoms with Crippen LogP contribution in [0.1, 0.15) is 5.69 Å². The topological polar surface area (TPSA) is 44.2 Å². The van der Waals surface area contributed by atoms with Crippen molar-refractivity contribution in [1.29, 1.82) is 0 Å². The SMILES string of the molecule is COc1cc(OC)cc(-c2nccc(CBr)n2)c1. The average molecular weight is 309 g/mol. The van der Waals surface area contributed by atoms with E-state index in [0.717, 1.165) is 22.8 Å². The molecule has 0 atom stereocenters. The highest BCUT2D eigenvalue weighted by molar-refractivity contribution is 9.08. The Morgan fingerprint density at radius 1 is 1.11 bits per heavy atom. The van der Waals surface area contributed by atoms with Crippen molar-refractivity contribution >= 4 is 15.9 Å². The number of nitrogens with zero attached hydrogens (tertiary/aromatic N) is 2. The summed E-state index contributed by atoms with van der Waals surface area (Å²) in [5.41, 5.74) is 1.80. The summed E-state index contributed by atoms with van der Waals surface area (Å²) in [6, 6.07) is 7.46. The molecular weight excluding hydrogens is 296 g/mol. The summed E-state index contributed by atoms with van der Waals surface area (Å²) < 4.78 is 10.5. The molecule has 0 unspecified atom stereocenters. The molecule has 4 nitrogen and oxygen atoms in total. The van der Waals surface area contributed by atoms with Crippen LogP contribution in [0.3, 0.4) is 0 Å². The third-order valence-corrected chi connectivity index (χ3v) is 3.03. The summed E-state index contributed by atoms with van der Waals surface area (Å²) in [6.45, 7) is 0. The van der Waals surface area contributed by atoms with Gasteiger partial charge in [0.1, 0.15) is 11.5 Å². The zero-order valence-corrected chi connectivity index (χ0v) is 11.8. The Bertz CT molecular complexity index is 524. The maximum atomic E-state index is 5.23. The Morgan fingerprint density at radius 2 is 1.78 bits per heavy atom. The van der Waals surface area contributed by atoms with E-state index < -0.39 is 0 Å². The van der Waals surface area contributed by atoms with Gasteiger partial charge in [0.2, 0.25) is 0 Å². The fourth-order valence-corrected chi connectivity index (χ4v) is 1.86. The lowest BCUT2D eigenvalue weighted by Crippen LogP contribution is -1.94. The van der Waals surface area contributed by atoms with Crippen LogP contribution in [0, 0.1) is 0 Å². The summed E-state index contributed by atoms with van der Waals surface area (Å²) in [4.78, 5) is 8.71. The predicted molar refractivity (Wildman–Crippen MR) is 73.2 cm³/mol. The Balaban J connectivity index is 2.48. The number of benzene rings is 1. The fourth-order valence-electron chi connectivity index (χ4n) is 1.55. The van der Waals surface area contributed by atoms with Crippen LogP contribution in [0.2, 0.25) is 0 Å². The highest BCUT2D eigenvalue weighted by atomic mass is 79.9. The molecule has 0 saturated carbocycles. The maximum absolute atomic E-state index is 5.23. The highest BCUT2D eigenvalue weighted by Gasteiger charge is 2.07. The molecule has 0 aliphatic heterocycles. The van der Waals surface area contributed by atoms with Gasteiger partial charge in [0.05, 0.1) is 19.9 Å². The van der Waals surface area contributed by atoms with Crippen molar-refractivity contribution in [2.75, 3.05) is 14.2 Å². The first-order valence-electron chi connectivity index (χ1n) is 5.38. The van der Waals surface area contributed by atoms with Crippen LogP contribution in [0.25, 0.3) is 11.4 Å². The molecule has 1 aromatic carbocycles. The maximum Gasteiger partial charge on any atom is 0.159 e. The first kappa shape index (κ1) is 12.8. The van der Waals surface area contributed by atoms with Crippen LogP contribution in [0.15, 0.2) is 30.5 Å². The van der Waals surface area contributed by atoms with Crippen molar-refractivity contribution in [1.82, 2.24) is 9.97 Å². The molecule has 0 radical (unpaired) electrons. The number of methoxy groups -OCH3 is 2. The summed E-state index contributed by atoms with van der Waals surface area (Å²) in [6.07, 6.45) is 1.74. The van der Waals surface area contributed by atoms with Crippen LogP contribution in [-0.4, -0.2) is 24.2 Å². The number of halogens is 1. The lowest BCUT2D eigenvalue weighted by atomic mass is 10.2. The van der Waals surface area contributed by atoms with Crippen molar-refractivity contribution in [3.05, 3.63) is 36.2 Å². The minimum Gasteiger partial charge on any atom is -0.497 e. The molecule has 0 fully saturated rings. The van der Waals surface area contributed by atoms with E-state index in [1.54, 1.807) is 20.4 Å². The predicted octanol–water partition coefficient (Wildman–Crippen LogP) is 3.06. The van der Waals surface area contributed by atoms with Gasteiger partial charge in [-0.25, -0.2) is 9.97 Å². The molecule has 18 heavy (non-hydrogen) atoms. The van der Waals surface area contributed by atoms with E-state index in [2.05, 4.69) is 25.9 Å². The second kappa shape index (κ2) is 5.82. The van der Waals surface area contributed by atoms with Crippen molar-refractivity contribution in [2.24, 2.45) is 0 Å². The zero-order chi connectivity index (χ0) is 13.0. The van der Waals surface area contributed by atoms with Gasteiger partial charge in [-0.15, -0.1) is 0 Å². The molecular formula is C13H13BrN2O2. The smallest absolute Gasteiger partial charge is 0.159 e. The van der Waals surface area contributed by atoms with Gasteiger partial charge in [0.15, 0.2) is 5.82 Å². The van der Waals surface area contributed by atoms with Gasteiger partial charge in [-0.05, 0) is 18.2 Å². The third-order valence-electron chi connectivity index (χ3n) is 2.46. The van der Waals surface area contributed by atoms with Crippen molar-refractivity contribution < 1.29 is 9.47 Å². The normalized spacial score (nSPS) is 10.2. The van der Waals surface area contributed by atoms with E-state index in [1.165, 1.54) is 0 Å². The fraction of sp³-hybridized carbons (Fsp3) is 0.231. The monoisotopic (exact) mass is 308 g/mol. The Kier molecular flexibility index (Phi) is 4.15. The average Bonchev–Trinajstić information content (AvgIpc) is 2.46. The van der Waals surface area contributed by atoms with Crippen LogP contribution < -0.4 is 9.47 Å². The molecule has 0 aliphatic rings. The van der Waals surface area contributed by atoms with Gasteiger partial charge in [-0.1, -0.05) is 15.9 Å². The van der Waals surface area contributed by atoms with Gasteiger partial charge < -0.3 is 9.47 Å². The van der Waals surface area contributed by atoms with Crippen LogP contribution >= 0.6 is 15.9 Å². The molecule has 0 amide bonds. The molecule has 0 spiro atoms. The summed E-state index contributed by atoms with van der Waals surface area (Å²) in [7, 11) is 3.24. The molecule has 0 bridgehead atoms. The van der Waals surface area contributed by atoms with Gasteiger partial charge in [-0.3, -0.25) is 0 Å². The third kappa shape index (κ3) is 2.79. The van der Waals surface area contributed by atoms with Gasteiger partial charge in [0.25, 0.3) is 0 Å². The van der Waals surface area contributed by atoms with Gasteiger partial charge in [0, 0.05) is 23.2 Å². The number of aromatic nitrogens is 2. The molecule has 2 aromatic rings. The number of hydrogen-bond donors (Lipinski definition) is 0. The molecule has 1 heterocycles. The summed E-state index contributed by atoms with van der Waals surface area (Å²) >= 11 is 3.38. The number of ether oxygens (including phenoxy) is 2. The second-order valence-electron chi connectivity index (χ2n) is 3.61. The Labute approximate surface area is 114 Å². The minimum atomic E-state index is 0.657. The highest BCUT2D eigenvalue weighted by Crippen LogP contribution is 2.27. The van der Waals surface area contributed by atoms with E-state index in [4.69, 9.17) is 9.47 Å². The molecule has 5 heteroatoms. The number of rotatable bonds is 4.